The molecule has 0 amide bonds. The maximum atomic E-state index is 13.5. The van der Waals surface area contributed by atoms with Crippen molar-refractivity contribution in [1.29, 1.82) is 0 Å². The van der Waals surface area contributed by atoms with Gasteiger partial charge in [-0.2, -0.15) is 13.2 Å². The van der Waals surface area contributed by atoms with E-state index in [9.17, 15) is 18.3 Å². The van der Waals surface area contributed by atoms with Crippen molar-refractivity contribution in [1.82, 2.24) is 14.1 Å². The Hall–Kier alpha value is -2.51. The first-order chi connectivity index (χ1) is 13.7. The molecule has 29 heavy (non-hydrogen) atoms. The highest BCUT2D eigenvalue weighted by molar-refractivity contribution is 6.35. The summed E-state index contributed by atoms with van der Waals surface area (Å²) in [5.41, 5.74) is 3.29. The minimum atomic E-state index is -4.62. The molecule has 0 saturated heterocycles. The topological polar surface area (TPSA) is 43.0 Å². The zero-order chi connectivity index (χ0) is 20.9. The highest BCUT2D eigenvalue weighted by atomic mass is 35.5. The molecule has 0 fully saturated rings. The first-order valence-electron chi connectivity index (χ1n) is 9.13. The number of hydrogen-bond acceptors (Lipinski definition) is 2. The molecule has 4 aromatic rings. The van der Waals surface area contributed by atoms with Crippen molar-refractivity contribution < 1.29 is 18.3 Å². The fourth-order valence-electron chi connectivity index (χ4n) is 3.84. The summed E-state index contributed by atoms with van der Waals surface area (Å²) in [6, 6.07) is 11.9. The molecule has 0 spiro atoms. The lowest BCUT2D eigenvalue weighted by Crippen LogP contribution is -2.26. The van der Waals surface area contributed by atoms with Crippen molar-refractivity contribution in [3.63, 3.8) is 0 Å². The third-order valence-electron chi connectivity index (χ3n) is 5.30. The third-order valence-corrected chi connectivity index (χ3v) is 5.61. The number of fused-ring (bicyclic) bond motifs is 2. The van der Waals surface area contributed by atoms with Crippen LogP contribution in [0.5, 0.6) is 0 Å². The Labute approximate surface area is 170 Å². The highest BCUT2D eigenvalue weighted by Gasteiger charge is 2.38. The van der Waals surface area contributed by atoms with Gasteiger partial charge in [0.1, 0.15) is 0 Å². The van der Waals surface area contributed by atoms with Crippen LogP contribution in [0.1, 0.15) is 17.1 Å². The van der Waals surface area contributed by atoms with Gasteiger partial charge in [0.25, 0.3) is 0 Å². The predicted molar refractivity (Wildman–Crippen MR) is 107 cm³/mol. The summed E-state index contributed by atoms with van der Waals surface area (Å²) in [4.78, 5) is 3.73. The van der Waals surface area contributed by atoms with Crippen molar-refractivity contribution in [2.45, 2.75) is 39.2 Å². The monoisotopic (exact) mass is 421 g/mol. The molecule has 4 nitrogen and oxygen atoms in total. The zero-order valence-corrected chi connectivity index (χ0v) is 16.6. The molecule has 1 atom stereocenters. The van der Waals surface area contributed by atoms with Crippen LogP contribution in [0.3, 0.4) is 0 Å². The minimum Gasteiger partial charge on any atom is -0.389 e. The van der Waals surface area contributed by atoms with E-state index in [1.807, 2.05) is 30.5 Å². The van der Waals surface area contributed by atoms with Gasteiger partial charge >= 0.3 is 6.18 Å². The maximum absolute atomic E-state index is 13.5. The van der Waals surface area contributed by atoms with Gasteiger partial charge in [-0.25, -0.2) is 4.98 Å². The molecule has 1 N–H and O–H groups in total. The van der Waals surface area contributed by atoms with Gasteiger partial charge in [-0.05, 0) is 37.6 Å². The molecule has 8 heteroatoms. The quantitative estimate of drug-likeness (QED) is 0.483. The standard InChI is InChI=1S/C21H19ClF3N3O/c1-12-13(2)27(19-15(12)6-5-7-16(19)22)10-14(29)11-28-18-9-4-3-8-17(18)26-20(28)21(23,24)25/h3-9,14,29H,10-11H2,1-2H3. The number of aliphatic hydroxyl groups is 1. The number of nitrogens with zero attached hydrogens (tertiary/aromatic N) is 3. The lowest BCUT2D eigenvalue weighted by molar-refractivity contribution is -0.147. The molecule has 1 unspecified atom stereocenters. The Bertz CT molecular complexity index is 1210. The second-order valence-corrected chi connectivity index (χ2v) is 7.55. The number of aryl methyl sites for hydroxylation is 1. The van der Waals surface area contributed by atoms with Gasteiger partial charge in [0.15, 0.2) is 0 Å². The van der Waals surface area contributed by atoms with Gasteiger partial charge in [0, 0.05) is 11.1 Å². The summed E-state index contributed by atoms with van der Waals surface area (Å²) in [5.74, 6) is -1.01. The van der Waals surface area contributed by atoms with E-state index < -0.39 is 18.1 Å². The number of benzene rings is 2. The van der Waals surface area contributed by atoms with Crippen LogP contribution < -0.4 is 0 Å². The van der Waals surface area contributed by atoms with Gasteiger partial charge < -0.3 is 14.2 Å². The van der Waals surface area contributed by atoms with Crippen LogP contribution in [0.2, 0.25) is 5.02 Å². The normalized spacial score (nSPS) is 13.5. The molecule has 2 aromatic carbocycles. The molecule has 0 bridgehead atoms. The Morgan fingerprint density at radius 3 is 2.45 bits per heavy atom. The van der Waals surface area contributed by atoms with Crippen LogP contribution in [-0.4, -0.2) is 25.3 Å². The maximum Gasteiger partial charge on any atom is 0.449 e. The summed E-state index contributed by atoms with van der Waals surface area (Å²) in [6.45, 7) is 3.75. The number of rotatable bonds is 4. The van der Waals surface area contributed by atoms with E-state index in [1.54, 1.807) is 24.3 Å². The molecule has 0 aliphatic carbocycles. The van der Waals surface area contributed by atoms with Crippen LogP contribution in [0.4, 0.5) is 13.2 Å². The molecular weight excluding hydrogens is 403 g/mol. The van der Waals surface area contributed by atoms with Crippen molar-refractivity contribution in [2.24, 2.45) is 0 Å². The van der Waals surface area contributed by atoms with Gasteiger partial charge in [-0.3, -0.25) is 0 Å². The van der Waals surface area contributed by atoms with E-state index in [1.165, 1.54) is 6.07 Å². The fraction of sp³-hybridized carbons (Fsp3) is 0.286. The molecule has 4 rings (SSSR count). The fourth-order valence-corrected chi connectivity index (χ4v) is 4.12. The van der Waals surface area contributed by atoms with E-state index in [2.05, 4.69) is 4.98 Å². The SMILES string of the molecule is Cc1c(C)n(CC(O)Cn2c(C(F)(F)F)nc3ccccc32)c2c(Cl)cccc12. The summed E-state index contributed by atoms with van der Waals surface area (Å²) >= 11 is 6.37. The third kappa shape index (κ3) is 3.38. The molecule has 2 aromatic heterocycles. The highest BCUT2D eigenvalue weighted by Crippen LogP contribution is 2.33. The number of hydrogen-bond donors (Lipinski definition) is 1. The molecule has 2 heterocycles. The Balaban J connectivity index is 1.73. The second-order valence-electron chi connectivity index (χ2n) is 7.14. The first kappa shape index (κ1) is 19.8. The lowest BCUT2D eigenvalue weighted by atomic mass is 10.2. The molecule has 0 aliphatic heterocycles. The first-order valence-corrected chi connectivity index (χ1v) is 9.50. The zero-order valence-electron chi connectivity index (χ0n) is 15.8. The number of halogens is 4. The van der Waals surface area contributed by atoms with E-state index in [0.717, 1.165) is 26.7 Å². The van der Waals surface area contributed by atoms with Crippen LogP contribution in [0, 0.1) is 13.8 Å². The Kier molecular flexibility index (Phi) is 4.83. The van der Waals surface area contributed by atoms with Gasteiger partial charge in [0.2, 0.25) is 5.82 Å². The van der Waals surface area contributed by atoms with Gasteiger partial charge in [0.05, 0.1) is 40.8 Å². The predicted octanol–water partition coefficient (Wildman–Crippen LogP) is 5.34. The largest absolute Gasteiger partial charge is 0.449 e. The number of para-hydroxylation sites is 3. The molecule has 0 saturated carbocycles. The van der Waals surface area contributed by atoms with E-state index in [0.29, 0.717) is 10.5 Å². The van der Waals surface area contributed by atoms with E-state index in [-0.39, 0.29) is 18.6 Å². The summed E-state index contributed by atoms with van der Waals surface area (Å²) in [7, 11) is 0. The number of imidazole rings is 1. The van der Waals surface area contributed by atoms with Crippen molar-refractivity contribution in [3.8, 4) is 0 Å². The smallest absolute Gasteiger partial charge is 0.389 e. The van der Waals surface area contributed by atoms with Crippen molar-refractivity contribution in [2.75, 3.05) is 0 Å². The average Bonchev–Trinajstić information content (AvgIpc) is 3.14. The Morgan fingerprint density at radius 1 is 1.03 bits per heavy atom. The van der Waals surface area contributed by atoms with Crippen molar-refractivity contribution in [3.05, 3.63) is 64.6 Å². The molecule has 0 radical (unpaired) electrons. The average molecular weight is 422 g/mol. The summed E-state index contributed by atoms with van der Waals surface area (Å²) in [6.07, 6.45) is -5.69. The van der Waals surface area contributed by atoms with Crippen molar-refractivity contribution >= 4 is 33.5 Å². The Morgan fingerprint density at radius 2 is 1.72 bits per heavy atom. The van der Waals surface area contributed by atoms with Crippen LogP contribution >= 0.6 is 11.6 Å². The van der Waals surface area contributed by atoms with Gasteiger partial charge in [-0.15, -0.1) is 0 Å². The van der Waals surface area contributed by atoms with E-state index in [4.69, 9.17) is 11.6 Å². The summed E-state index contributed by atoms with van der Waals surface area (Å²) < 4.78 is 43.4. The molecule has 152 valence electrons. The van der Waals surface area contributed by atoms with Crippen LogP contribution in [-0.2, 0) is 19.3 Å². The second kappa shape index (κ2) is 7.07. The van der Waals surface area contributed by atoms with Gasteiger partial charge in [-0.1, -0.05) is 35.9 Å². The molecule has 0 aliphatic rings. The minimum absolute atomic E-state index is 0.115. The molecular formula is C21H19ClF3N3O. The van der Waals surface area contributed by atoms with Crippen LogP contribution in [0.25, 0.3) is 21.9 Å². The number of aliphatic hydroxyl groups excluding tert-OH is 1. The van der Waals surface area contributed by atoms with Crippen LogP contribution in [0.15, 0.2) is 42.5 Å². The van der Waals surface area contributed by atoms with E-state index >= 15 is 0 Å². The number of aromatic nitrogens is 3. The number of alkyl halides is 3. The lowest BCUT2D eigenvalue weighted by Gasteiger charge is -2.18. The summed E-state index contributed by atoms with van der Waals surface area (Å²) in [5, 5.41) is 12.2.